The SMILES string of the molecule is NCc1cc(-c2cnccn2)nn1CCO. The van der Waals surface area contributed by atoms with Crippen LogP contribution in [0, 0.1) is 0 Å². The second-order valence-electron chi connectivity index (χ2n) is 3.26. The highest BCUT2D eigenvalue weighted by molar-refractivity contribution is 5.52. The van der Waals surface area contributed by atoms with Gasteiger partial charge in [0.15, 0.2) is 0 Å². The molecule has 0 saturated heterocycles. The number of nitrogens with two attached hydrogens (primary N) is 1. The van der Waals surface area contributed by atoms with Crippen molar-refractivity contribution in [1.82, 2.24) is 19.7 Å². The molecule has 0 aliphatic heterocycles. The van der Waals surface area contributed by atoms with Crippen LogP contribution in [0.5, 0.6) is 0 Å². The largest absolute Gasteiger partial charge is 0.394 e. The van der Waals surface area contributed by atoms with Gasteiger partial charge in [0.05, 0.1) is 25.0 Å². The highest BCUT2D eigenvalue weighted by Gasteiger charge is 2.08. The van der Waals surface area contributed by atoms with Crippen LogP contribution in [-0.4, -0.2) is 31.5 Å². The minimum atomic E-state index is 0.0363. The van der Waals surface area contributed by atoms with Crippen molar-refractivity contribution in [2.24, 2.45) is 5.73 Å². The van der Waals surface area contributed by atoms with Gasteiger partial charge in [0.25, 0.3) is 0 Å². The number of nitrogens with zero attached hydrogens (tertiary/aromatic N) is 4. The molecule has 0 unspecified atom stereocenters. The van der Waals surface area contributed by atoms with E-state index < -0.39 is 0 Å². The molecular formula is C10H13N5O. The van der Waals surface area contributed by atoms with E-state index in [2.05, 4.69) is 15.1 Å². The summed E-state index contributed by atoms with van der Waals surface area (Å²) in [6.45, 7) is 0.856. The first-order valence-electron chi connectivity index (χ1n) is 4.99. The van der Waals surface area contributed by atoms with E-state index in [4.69, 9.17) is 10.8 Å². The lowest BCUT2D eigenvalue weighted by atomic mass is 10.3. The summed E-state index contributed by atoms with van der Waals surface area (Å²) in [6, 6.07) is 1.86. The van der Waals surface area contributed by atoms with Gasteiger partial charge in [0, 0.05) is 18.9 Å². The molecule has 0 bridgehead atoms. The average molecular weight is 219 g/mol. The predicted molar refractivity (Wildman–Crippen MR) is 58.2 cm³/mol. The molecule has 6 heteroatoms. The number of rotatable bonds is 4. The van der Waals surface area contributed by atoms with Gasteiger partial charge in [-0.3, -0.25) is 14.6 Å². The molecule has 2 aromatic rings. The maximum Gasteiger partial charge on any atom is 0.113 e. The molecular weight excluding hydrogens is 206 g/mol. The monoisotopic (exact) mass is 219 g/mol. The van der Waals surface area contributed by atoms with Crippen LogP contribution in [0.4, 0.5) is 0 Å². The Bertz CT molecular complexity index is 453. The second kappa shape index (κ2) is 4.82. The summed E-state index contributed by atoms with van der Waals surface area (Å²) in [5.74, 6) is 0. The van der Waals surface area contributed by atoms with Crippen LogP contribution in [0.25, 0.3) is 11.4 Å². The van der Waals surface area contributed by atoms with Crippen molar-refractivity contribution in [3.05, 3.63) is 30.4 Å². The van der Waals surface area contributed by atoms with E-state index in [0.717, 1.165) is 11.4 Å². The molecule has 6 nitrogen and oxygen atoms in total. The number of hydrogen-bond acceptors (Lipinski definition) is 5. The summed E-state index contributed by atoms with van der Waals surface area (Å²) in [6.07, 6.45) is 4.87. The van der Waals surface area contributed by atoms with Crippen LogP contribution in [0.1, 0.15) is 5.69 Å². The summed E-state index contributed by atoms with van der Waals surface area (Å²) in [7, 11) is 0. The number of hydrogen-bond donors (Lipinski definition) is 2. The van der Waals surface area contributed by atoms with E-state index in [1.54, 1.807) is 23.3 Å². The van der Waals surface area contributed by atoms with Crippen LogP contribution in [-0.2, 0) is 13.1 Å². The second-order valence-corrected chi connectivity index (χ2v) is 3.26. The fourth-order valence-corrected chi connectivity index (χ4v) is 1.46. The van der Waals surface area contributed by atoms with E-state index in [1.165, 1.54) is 0 Å². The summed E-state index contributed by atoms with van der Waals surface area (Å²) < 4.78 is 1.68. The Hall–Kier alpha value is -1.79. The maximum atomic E-state index is 8.89. The van der Waals surface area contributed by atoms with Gasteiger partial charge in [-0.2, -0.15) is 5.10 Å². The lowest BCUT2D eigenvalue weighted by Crippen LogP contribution is -2.11. The van der Waals surface area contributed by atoms with E-state index in [-0.39, 0.29) is 6.61 Å². The summed E-state index contributed by atoms with van der Waals surface area (Å²) >= 11 is 0. The van der Waals surface area contributed by atoms with Gasteiger partial charge in [-0.15, -0.1) is 0 Å². The smallest absolute Gasteiger partial charge is 0.113 e. The van der Waals surface area contributed by atoms with Crippen molar-refractivity contribution >= 4 is 0 Å². The summed E-state index contributed by atoms with van der Waals surface area (Å²) in [5.41, 5.74) is 7.89. The third kappa shape index (κ3) is 2.07. The molecule has 2 heterocycles. The van der Waals surface area contributed by atoms with Crippen LogP contribution in [0.3, 0.4) is 0 Å². The van der Waals surface area contributed by atoms with Gasteiger partial charge in [0.1, 0.15) is 11.4 Å². The van der Waals surface area contributed by atoms with E-state index in [1.807, 2.05) is 6.07 Å². The van der Waals surface area contributed by atoms with Crippen molar-refractivity contribution < 1.29 is 5.11 Å². The molecule has 0 saturated carbocycles. The van der Waals surface area contributed by atoms with Gasteiger partial charge in [-0.1, -0.05) is 0 Å². The molecule has 2 aromatic heterocycles. The molecule has 16 heavy (non-hydrogen) atoms. The molecule has 0 aliphatic rings. The average Bonchev–Trinajstić information content (AvgIpc) is 2.74. The van der Waals surface area contributed by atoms with Gasteiger partial charge < -0.3 is 10.8 Å². The minimum absolute atomic E-state index is 0.0363. The number of aliphatic hydroxyl groups is 1. The normalized spacial score (nSPS) is 10.6. The Balaban J connectivity index is 2.36. The molecule has 0 spiro atoms. The molecule has 2 rings (SSSR count). The first kappa shape index (κ1) is 10.7. The quantitative estimate of drug-likeness (QED) is 0.742. The molecule has 0 aromatic carbocycles. The molecule has 0 fully saturated rings. The van der Waals surface area contributed by atoms with Crippen molar-refractivity contribution in [3.8, 4) is 11.4 Å². The standard InChI is InChI=1S/C10H13N5O/c11-6-8-5-9(14-15(8)3-4-16)10-7-12-1-2-13-10/h1-2,5,7,16H,3-4,6,11H2. The molecule has 0 aliphatic carbocycles. The molecule has 0 atom stereocenters. The van der Waals surface area contributed by atoms with Crippen molar-refractivity contribution in [1.29, 1.82) is 0 Å². The van der Waals surface area contributed by atoms with E-state index >= 15 is 0 Å². The first-order valence-corrected chi connectivity index (χ1v) is 4.99. The first-order chi connectivity index (χ1) is 7.85. The Morgan fingerprint density at radius 1 is 1.31 bits per heavy atom. The zero-order chi connectivity index (χ0) is 11.4. The van der Waals surface area contributed by atoms with Gasteiger partial charge >= 0.3 is 0 Å². The van der Waals surface area contributed by atoms with Crippen molar-refractivity contribution in [2.75, 3.05) is 6.61 Å². The fraction of sp³-hybridized carbons (Fsp3) is 0.300. The zero-order valence-electron chi connectivity index (χ0n) is 8.74. The van der Waals surface area contributed by atoms with E-state index in [9.17, 15) is 0 Å². The van der Waals surface area contributed by atoms with Crippen molar-refractivity contribution in [3.63, 3.8) is 0 Å². The Morgan fingerprint density at radius 2 is 2.19 bits per heavy atom. The minimum Gasteiger partial charge on any atom is -0.394 e. The van der Waals surface area contributed by atoms with Gasteiger partial charge in [-0.05, 0) is 6.07 Å². The van der Waals surface area contributed by atoms with Gasteiger partial charge in [0.2, 0.25) is 0 Å². The number of aromatic nitrogens is 4. The molecule has 3 N–H and O–H groups in total. The topological polar surface area (TPSA) is 89.9 Å². The van der Waals surface area contributed by atoms with Crippen LogP contribution >= 0.6 is 0 Å². The summed E-state index contributed by atoms with van der Waals surface area (Å²) in [4.78, 5) is 8.14. The molecule has 0 radical (unpaired) electrons. The third-order valence-corrected chi connectivity index (χ3v) is 2.21. The lowest BCUT2D eigenvalue weighted by Gasteiger charge is -2.01. The highest BCUT2D eigenvalue weighted by atomic mass is 16.3. The Morgan fingerprint density at radius 3 is 2.81 bits per heavy atom. The number of aliphatic hydroxyl groups excluding tert-OH is 1. The fourth-order valence-electron chi connectivity index (χ4n) is 1.46. The predicted octanol–water partition coefficient (Wildman–Crippen LogP) is -0.209. The summed E-state index contributed by atoms with van der Waals surface area (Å²) in [5, 5.41) is 13.2. The highest BCUT2D eigenvalue weighted by Crippen LogP contribution is 2.15. The molecule has 84 valence electrons. The van der Waals surface area contributed by atoms with Crippen LogP contribution in [0.2, 0.25) is 0 Å². The maximum absolute atomic E-state index is 8.89. The zero-order valence-corrected chi connectivity index (χ0v) is 8.74. The van der Waals surface area contributed by atoms with Gasteiger partial charge in [-0.25, -0.2) is 0 Å². The van der Waals surface area contributed by atoms with Crippen LogP contribution < -0.4 is 5.73 Å². The third-order valence-electron chi connectivity index (χ3n) is 2.21. The Labute approximate surface area is 92.8 Å². The van der Waals surface area contributed by atoms with Crippen LogP contribution in [0.15, 0.2) is 24.7 Å². The lowest BCUT2D eigenvalue weighted by molar-refractivity contribution is 0.267. The Kier molecular flexibility index (Phi) is 3.23. The van der Waals surface area contributed by atoms with E-state index in [0.29, 0.717) is 18.8 Å². The molecule has 0 amide bonds. The van der Waals surface area contributed by atoms with Crippen molar-refractivity contribution in [2.45, 2.75) is 13.1 Å².